The first kappa shape index (κ1) is 23.6. The molecule has 1 atom stereocenters. The van der Waals surface area contributed by atoms with Crippen LogP contribution in [-0.4, -0.2) is 40.8 Å². The Labute approximate surface area is 201 Å². The number of nitrogens with two attached hydrogens (primary N) is 2. The van der Waals surface area contributed by atoms with Crippen LogP contribution in [0.3, 0.4) is 0 Å². The monoisotopic (exact) mass is 482 g/mol. The summed E-state index contributed by atoms with van der Waals surface area (Å²) >= 11 is 1.05. The van der Waals surface area contributed by atoms with E-state index < -0.39 is 17.8 Å². The largest absolute Gasteiger partial charge is 0.382 e. The van der Waals surface area contributed by atoms with E-state index in [1.165, 1.54) is 29.2 Å². The lowest BCUT2D eigenvalue weighted by Gasteiger charge is -2.31. The van der Waals surface area contributed by atoms with Crippen LogP contribution in [0.25, 0.3) is 0 Å². The Kier molecular flexibility index (Phi) is 6.78. The van der Waals surface area contributed by atoms with Gasteiger partial charge in [-0.2, -0.15) is 0 Å². The lowest BCUT2D eigenvalue weighted by atomic mass is 9.99. The lowest BCUT2D eigenvalue weighted by Crippen LogP contribution is -2.39. The Morgan fingerprint density at radius 1 is 1.18 bits per heavy atom. The molecule has 0 unspecified atom stereocenters. The van der Waals surface area contributed by atoms with E-state index >= 15 is 0 Å². The summed E-state index contributed by atoms with van der Waals surface area (Å²) in [5.41, 5.74) is 12.5. The fourth-order valence-corrected chi connectivity index (χ4v) is 4.94. The third-order valence-corrected chi connectivity index (χ3v) is 7.15. The summed E-state index contributed by atoms with van der Waals surface area (Å²) < 4.78 is 13.4. The van der Waals surface area contributed by atoms with Gasteiger partial charge in [0.15, 0.2) is 5.13 Å². The molecular weight excluding hydrogens is 455 g/mol. The minimum Gasteiger partial charge on any atom is -0.382 e. The van der Waals surface area contributed by atoms with Gasteiger partial charge < -0.3 is 21.3 Å². The number of pyridine rings is 1. The molecule has 1 aromatic carbocycles. The van der Waals surface area contributed by atoms with E-state index in [0.717, 1.165) is 43.1 Å². The van der Waals surface area contributed by atoms with Crippen LogP contribution in [0.1, 0.15) is 41.9 Å². The molecule has 1 aliphatic heterocycles. The number of carbonyl (C=O) groups excluding carboxylic acids is 2. The molecule has 1 aliphatic rings. The number of piperidine rings is 1. The van der Waals surface area contributed by atoms with Gasteiger partial charge in [-0.1, -0.05) is 18.3 Å². The van der Waals surface area contributed by atoms with Crippen molar-refractivity contribution in [2.75, 3.05) is 28.6 Å². The maximum absolute atomic E-state index is 13.4. The highest BCUT2D eigenvalue weighted by atomic mass is 32.1. The number of ketones is 1. The highest BCUT2D eigenvalue weighted by molar-refractivity contribution is 7.18. The second kappa shape index (κ2) is 9.76. The molecule has 3 heterocycles. The van der Waals surface area contributed by atoms with Crippen molar-refractivity contribution in [3.63, 3.8) is 0 Å². The number of primary amides is 1. The molecule has 34 heavy (non-hydrogen) atoms. The predicted molar refractivity (Wildman–Crippen MR) is 132 cm³/mol. The number of carbonyl (C=O) groups is 2. The normalized spacial score (nSPS) is 15.2. The van der Waals surface area contributed by atoms with Gasteiger partial charge in [0.2, 0.25) is 11.7 Å². The quantitative estimate of drug-likeness (QED) is 0.493. The van der Waals surface area contributed by atoms with Crippen molar-refractivity contribution in [3.05, 3.63) is 58.9 Å². The SMILES string of the molecule is CC1CCN(c2ccc(C(=O)c3sc(N(c4ccc(F)cc4)[C@H](C)C(N)=O)nc3N)cn2)CC1. The first-order chi connectivity index (χ1) is 16.2. The second-order valence-corrected chi connectivity index (χ2v) is 9.52. The van der Waals surface area contributed by atoms with Crippen LogP contribution in [0, 0.1) is 11.7 Å². The van der Waals surface area contributed by atoms with Crippen molar-refractivity contribution < 1.29 is 14.0 Å². The summed E-state index contributed by atoms with van der Waals surface area (Å²) in [6.45, 7) is 5.75. The highest BCUT2D eigenvalue weighted by Crippen LogP contribution is 2.36. The molecule has 1 fully saturated rings. The molecule has 4 N–H and O–H groups in total. The van der Waals surface area contributed by atoms with Crippen LogP contribution >= 0.6 is 11.3 Å². The Hall–Kier alpha value is -3.53. The zero-order chi connectivity index (χ0) is 24.4. The molecular formula is C24H27FN6O2S. The summed E-state index contributed by atoms with van der Waals surface area (Å²) in [4.78, 5) is 38.0. The summed E-state index contributed by atoms with van der Waals surface area (Å²) in [5.74, 6) is 0.283. The van der Waals surface area contributed by atoms with Crippen molar-refractivity contribution in [1.29, 1.82) is 0 Å². The Morgan fingerprint density at radius 3 is 2.44 bits per heavy atom. The Balaban J connectivity index is 1.60. The van der Waals surface area contributed by atoms with E-state index in [1.807, 2.05) is 6.07 Å². The molecule has 3 aromatic rings. The van der Waals surface area contributed by atoms with E-state index in [1.54, 1.807) is 19.2 Å². The number of rotatable bonds is 7. The zero-order valence-electron chi connectivity index (χ0n) is 19.1. The van der Waals surface area contributed by atoms with Gasteiger partial charge in [-0.15, -0.1) is 0 Å². The number of anilines is 4. The summed E-state index contributed by atoms with van der Waals surface area (Å²) in [7, 11) is 0. The van der Waals surface area contributed by atoms with Crippen molar-refractivity contribution in [2.45, 2.75) is 32.7 Å². The lowest BCUT2D eigenvalue weighted by molar-refractivity contribution is -0.118. The fourth-order valence-electron chi connectivity index (χ4n) is 3.89. The average molecular weight is 483 g/mol. The van der Waals surface area contributed by atoms with Gasteiger partial charge in [0.25, 0.3) is 0 Å². The maximum Gasteiger partial charge on any atom is 0.240 e. The minimum atomic E-state index is -0.799. The van der Waals surface area contributed by atoms with E-state index in [0.29, 0.717) is 22.3 Å². The number of hydrogen-bond acceptors (Lipinski definition) is 8. The average Bonchev–Trinajstić information content (AvgIpc) is 3.21. The van der Waals surface area contributed by atoms with Gasteiger partial charge in [-0.25, -0.2) is 14.4 Å². The topological polar surface area (TPSA) is 118 Å². The highest BCUT2D eigenvalue weighted by Gasteiger charge is 2.27. The first-order valence-corrected chi connectivity index (χ1v) is 11.9. The third-order valence-electron chi connectivity index (χ3n) is 6.08. The van der Waals surface area contributed by atoms with E-state index in [4.69, 9.17) is 11.5 Å². The van der Waals surface area contributed by atoms with Crippen molar-refractivity contribution >= 4 is 45.5 Å². The summed E-state index contributed by atoms with van der Waals surface area (Å²) in [5, 5.41) is 0.311. The number of amides is 1. The second-order valence-electron chi connectivity index (χ2n) is 8.54. The van der Waals surface area contributed by atoms with E-state index in [9.17, 15) is 14.0 Å². The molecule has 0 saturated carbocycles. The molecule has 10 heteroatoms. The molecule has 8 nitrogen and oxygen atoms in total. The zero-order valence-corrected chi connectivity index (χ0v) is 19.9. The number of halogens is 1. The molecule has 0 bridgehead atoms. The number of thiazole rings is 1. The van der Waals surface area contributed by atoms with Crippen molar-refractivity contribution in [3.8, 4) is 0 Å². The molecule has 1 amide bonds. The minimum absolute atomic E-state index is 0.0443. The molecule has 4 rings (SSSR count). The number of aromatic nitrogens is 2. The molecule has 2 aromatic heterocycles. The number of benzene rings is 1. The van der Waals surface area contributed by atoms with E-state index in [-0.39, 0.29) is 16.5 Å². The smallest absolute Gasteiger partial charge is 0.240 e. The van der Waals surface area contributed by atoms with Crippen LogP contribution in [-0.2, 0) is 4.79 Å². The van der Waals surface area contributed by atoms with Crippen LogP contribution in [0.4, 0.5) is 26.8 Å². The van der Waals surface area contributed by atoms with Crippen molar-refractivity contribution in [2.24, 2.45) is 11.7 Å². The predicted octanol–water partition coefficient (Wildman–Crippen LogP) is 3.74. The summed E-state index contributed by atoms with van der Waals surface area (Å²) in [6.07, 6.45) is 3.80. The Bertz CT molecular complexity index is 1170. The standard InChI is InChI=1S/C24H27FN6O2S/c1-14-9-11-30(12-10-14)19-8-3-16(13-28-19)20(32)21-22(26)29-24(34-21)31(15(2)23(27)33)18-6-4-17(25)5-7-18/h3-8,13-15H,9-12,26H2,1-2H3,(H2,27,33)/t15-/m1/s1. The Morgan fingerprint density at radius 2 is 1.85 bits per heavy atom. The van der Waals surface area contributed by atoms with Crippen molar-refractivity contribution in [1.82, 2.24) is 9.97 Å². The molecule has 0 aliphatic carbocycles. The van der Waals surface area contributed by atoms with Gasteiger partial charge in [0, 0.05) is 30.5 Å². The number of nitrogens with zero attached hydrogens (tertiary/aromatic N) is 4. The van der Waals surface area contributed by atoms with Gasteiger partial charge in [0.1, 0.15) is 28.4 Å². The first-order valence-electron chi connectivity index (χ1n) is 11.1. The molecule has 0 radical (unpaired) electrons. The van der Waals surface area contributed by atoms with Gasteiger partial charge in [-0.3, -0.25) is 9.59 Å². The van der Waals surface area contributed by atoms with Crippen LogP contribution < -0.4 is 21.3 Å². The number of nitrogen functional groups attached to an aromatic ring is 1. The molecule has 1 saturated heterocycles. The fraction of sp³-hybridized carbons (Fsp3) is 0.333. The molecule has 0 spiro atoms. The van der Waals surface area contributed by atoms with E-state index in [2.05, 4.69) is 21.8 Å². The molecule has 178 valence electrons. The van der Waals surface area contributed by atoms with Crippen LogP contribution in [0.2, 0.25) is 0 Å². The van der Waals surface area contributed by atoms with Gasteiger partial charge >= 0.3 is 0 Å². The van der Waals surface area contributed by atoms with Gasteiger partial charge in [-0.05, 0) is 62.1 Å². The van der Waals surface area contributed by atoms with Crippen LogP contribution in [0.5, 0.6) is 0 Å². The number of hydrogen-bond donors (Lipinski definition) is 2. The maximum atomic E-state index is 13.4. The third kappa shape index (κ3) is 4.86. The van der Waals surface area contributed by atoms with Crippen LogP contribution in [0.15, 0.2) is 42.6 Å². The van der Waals surface area contributed by atoms with Gasteiger partial charge in [0.05, 0.1) is 0 Å². The summed E-state index contributed by atoms with van der Waals surface area (Å²) in [6, 6.07) is 8.36.